The van der Waals surface area contributed by atoms with Crippen LogP contribution < -0.4 is 10.6 Å². The number of aliphatic imine (C=N–C) groups is 1. The molecule has 0 radical (unpaired) electrons. The number of halogens is 1. The minimum Gasteiger partial charge on any atom is -0.378 e. The SMILES string of the molecule is CCNC(=NCC1(C(=O)N(C)C)CCCC1)NCCCOC1CCCC1.I. The zero-order valence-electron chi connectivity index (χ0n) is 17.4. The second kappa shape index (κ2) is 12.8. The summed E-state index contributed by atoms with van der Waals surface area (Å²) in [5.41, 5.74) is -0.308. The Hall–Kier alpha value is -0.570. The van der Waals surface area contributed by atoms with Crippen molar-refractivity contribution < 1.29 is 9.53 Å². The molecule has 0 heterocycles. The van der Waals surface area contributed by atoms with E-state index in [0.717, 1.165) is 57.8 Å². The van der Waals surface area contributed by atoms with E-state index < -0.39 is 0 Å². The first-order valence-electron chi connectivity index (χ1n) is 10.4. The number of nitrogens with zero attached hydrogens (tertiary/aromatic N) is 2. The number of nitrogens with one attached hydrogen (secondary N) is 2. The maximum absolute atomic E-state index is 12.7. The van der Waals surface area contributed by atoms with Crippen molar-refractivity contribution >= 4 is 35.8 Å². The van der Waals surface area contributed by atoms with Crippen LogP contribution in [0.2, 0.25) is 0 Å². The van der Waals surface area contributed by atoms with E-state index in [2.05, 4.69) is 17.6 Å². The van der Waals surface area contributed by atoms with E-state index in [1.807, 2.05) is 14.1 Å². The van der Waals surface area contributed by atoms with Gasteiger partial charge in [0.05, 0.1) is 18.1 Å². The Balaban J connectivity index is 0.00000364. The van der Waals surface area contributed by atoms with Crippen LogP contribution in [0.1, 0.15) is 64.7 Å². The summed E-state index contributed by atoms with van der Waals surface area (Å²) in [5, 5.41) is 6.69. The quantitative estimate of drug-likeness (QED) is 0.224. The molecule has 0 spiro atoms. The van der Waals surface area contributed by atoms with E-state index in [0.29, 0.717) is 12.6 Å². The van der Waals surface area contributed by atoms with Crippen LogP contribution in [0.25, 0.3) is 0 Å². The lowest BCUT2D eigenvalue weighted by Crippen LogP contribution is -2.43. The summed E-state index contributed by atoms with van der Waals surface area (Å²) in [6.07, 6.45) is 10.7. The molecule has 2 aliphatic carbocycles. The van der Waals surface area contributed by atoms with E-state index in [-0.39, 0.29) is 35.3 Å². The second-order valence-electron chi connectivity index (χ2n) is 7.94. The highest BCUT2D eigenvalue weighted by Crippen LogP contribution is 2.39. The molecule has 2 saturated carbocycles. The Kier molecular flexibility index (Phi) is 11.6. The van der Waals surface area contributed by atoms with Crippen LogP contribution in [0, 0.1) is 5.41 Å². The summed E-state index contributed by atoms with van der Waals surface area (Å²) in [7, 11) is 3.69. The maximum Gasteiger partial charge on any atom is 0.230 e. The Morgan fingerprint density at radius 2 is 1.81 bits per heavy atom. The number of rotatable bonds is 9. The van der Waals surface area contributed by atoms with Gasteiger partial charge in [0.1, 0.15) is 0 Å². The van der Waals surface area contributed by atoms with Gasteiger partial charge in [-0.2, -0.15) is 0 Å². The van der Waals surface area contributed by atoms with Gasteiger partial charge in [-0.05, 0) is 39.0 Å². The summed E-state index contributed by atoms with van der Waals surface area (Å²) in [4.78, 5) is 19.1. The van der Waals surface area contributed by atoms with Crippen molar-refractivity contribution in [3.8, 4) is 0 Å². The average molecular weight is 494 g/mol. The van der Waals surface area contributed by atoms with Crippen molar-refractivity contribution in [2.45, 2.75) is 70.8 Å². The van der Waals surface area contributed by atoms with E-state index in [4.69, 9.17) is 9.73 Å². The number of hydrogen-bond acceptors (Lipinski definition) is 3. The van der Waals surface area contributed by atoms with E-state index in [1.54, 1.807) is 4.90 Å². The normalized spacial score (nSPS) is 19.6. The predicted octanol–water partition coefficient (Wildman–Crippen LogP) is 3.16. The molecule has 2 fully saturated rings. The minimum atomic E-state index is -0.308. The number of carbonyl (C=O) groups is 1. The van der Waals surface area contributed by atoms with Gasteiger partial charge >= 0.3 is 0 Å². The fraction of sp³-hybridized carbons (Fsp3) is 0.900. The van der Waals surface area contributed by atoms with Crippen LogP contribution >= 0.6 is 24.0 Å². The highest BCUT2D eigenvalue weighted by molar-refractivity contribution is 14.0. The molecule has 7 heteroatoms. The van der Waals surface area contributed by atoms with Crippen LogP contribution in [0.15, 0.2) is 4.99 Å². The first-order valence-corrected chi connectivity index (χ1v) is 10.4. The van der Waals surface area contributed by atoms with Gasteiger partial charge in [0, 0.05) is 33.8 Å². The third-order valence-electron chi connectivity index (χ3n) is 5.57. The number of ether oxygens (including phenoxy) is 1. The third kappa shape index (κ3) is 7.75. The Morgan fingerprint density at radius 3 is 2.41 bits per heavy atom. The van der Waals surface area contributed by atoms with Gasteiger partial charge in [-0.25, -0.2) is 0 Å². The lowest BCUT2D eigenvalue weighted by Gasteiger charge is -2.29. The summed E-state index contributed by atoms with van der Waals surface area (Å²) >= 11 is 0. The molecule has 6 nitrogen and oxygen atoms in total. The molecular weight excluding hydrogens is 455 g/mol. The van der Waals surface area contributed by atoms with E-state index >= 15 is 0 Å². The molecule has 2 rings (SSSR count). The fourth-order valence-electron chi connectivity index (χ4n) is 4.12. The van der Waals surface area contributed by atoms with Crippen molar-refractivity contribution in [1.29, 1.82) is 0 Å². The summed E-state index contributed by atoms with van der Waals surface area (Å²) in [5.74, 6) is 1.03. The van der Waals surface area contributed by atoms with E-state index in [1.165, 1.54) is 25.7 Å². The molecule has 158 valence electrons. The highest BCUT2D eigenvalue weighted by Gasteiger charge is 2.42. The highest BCUT2D eigenvalue weighted by atomic mass is 127. The first-order chi connectivity index (χ1) is 12.6. The number of carbonyl (C=O) groups excluding carboxylic acids is 1. The fourth-order valence-corrected chi connectivity index (χ4v) is 4.12. The topological polar surface area (TPSA) is 66.0 Å². The van der Waals surface area contributed by atoms with Crippen LogP contribution in [-0.2, 0) is 9.53 Å². The lowest BCUT2D eigenvalue weighted by atomic mass is 9.85. The molecule has 0 aromatic carbocycles. The summed E-state index contributed by atoms with van der Waals surface area (Å²) < 4.78 is 5.91. The monoisotopic (exact) mass is 494 g/mol. The molecule has 2 aliphatic rings. The van der Waals surface area contributed by atoms with Crippen molar-refractivity contribution in [2.75, 3.05) is 40.3 Å². The molecule has 0 aromatic rings. The second-order valence-corrected chi connectivity index (χ2v) is 7.94. The Labute approximate surface area is 182 Å². The van der Waals surface area contributed by atoms with E-state index in [9.17, 15) is 4.79 Å². The first kappa shape index (κ1) is 24.5. The van der Waals surface area contributed by atoms with Gasteiger partial charge in [-0.1, -0.05) is 25.7 Å². The lowest BCUT2D eigenvalue weighted by molar-refractivity contribution is -0.138. The molecule has 0 atom stereocenters. The number of hydrogen-bond donors (Lipinski definition) is 2. The molecule has 0 aliphatic heterocycles. The summed E-state index contributed by atoms with van der Waals surface area (Å²) in [6, 6.07) is 0. The van der Waals surface area contributed by atoms with Gasteiger partial charge in [-0.15, -0.1) is 24.0 Å². The van der Waals surface area contributed by atoms with Gasteiger partial charge in [0.25, 0.3) is 0 Å². The van der Waals surface area contributed by atoms with Gasteiger partial charge in [0.2, 0.25) is 5.91 Å². The average Bonchev–Trinajstić information content (AvgIpc) is 3.31. The maximum atomic E-state index is 12.7. The standard InChI is InChI=1S/C20H38N4O2.HI/c1-4-21-19(22-14-9-15-26-17-10-5-6-11-17)23-16-20(12-7-8-13-20)18(25)24(2)3;/h17H,4-16H2,1-3H3,(H2,21,22,23);1H. The van der Waals surface area contributed by atoms with Crippen molar-refractivity contribution in [2.24, 2.45) is 10.4 Å². The smallest absolute Gasteiger partial charge is 0.230 e. The predicted molar refractivity (Wildman–Crippen MR) is 122 cm³/mol. The number of guanidine groups is 1. The molecule has 0 saturated heterocycles. The van der Waals surface area contributed by atoms with Crippen LogP contribution in [-0.4, -0.2) is 63.2 Å². The Morgan fingerprint density at radius 1 is 1.15 bits per heavy atom. The van der Waals surface area contributed by atoms with Crippen molar-refractivity contribution in [1.82, 2.24) is 15.5 Å². The molecule has 2 N–H and O–H groups in total. The van der Waals surface area contributed by atoms with Crippen molar-refractivity contribution in [3.05, 3.63) is 0 Å². The van der Waals surface area contributed by atoms with Crippen LogP contribution in [0.4, 0.5) is 0 Å². The van der Waals surface area contributed by atoms with Gasteiger partial charge in [0.15, 0.2) is 5.96 Å². The zero-order chi connectivity index (χ0) is 18.8. The van der Waals surface area contributed by atoms with Crippen LogP contribution in [0.3, 0.4) is 0 Å². The van der Waals surface area contributed by atoms with Crippen LogP contribution in [0.5, 0.6) is 0 Å². The van der Waals surface area contributed by atoms with Gasteiger partial charge in [-0.3, -0.25) is 9.79 Å². The molecule has 0 bridgehead atoms. The molecular formula is C20H39IN4O2. The third-order valence-corrected chi connectivity index (χ3v) is 5.57. The zero-order valence-corrected chi connectivity index (χ0v) is 19.7. The minimum absolute atomic E-state index is 0. The molecule has 0 aromatic heterocycles. The summed E-state index contributed by atoms with van der Waals surface area (Å²) in [6.45, 7) is 5.10. The Bertz CT molecular complexity index is 459. The number of amides is 1. The molecule has 1 amide bonds. The molecule has 27 heavy (non-hydrogen) atoms. The largest absolute Gasteiger partial charge is 0.378 e. The van der Waals surface area contributed by atoms with Gasteiger partial charge < -0.3 is 20.3 Å². The van der Waals surface area contributed by atoms with Crippen molar-refractivity contribution in [3.63, 3.8) is 0 Å². The molecule has 0 unspecified atom stereocenters.